The van der Waals surface area contributed by atoms with Gasteiger partial charge in [-0.3, -0.25) is 9.38 Å². The van der Waals surface area contributed by atoms with E-state index in [4.69, 9.17) is 9.97 Å². The average molecular weight is 485 g/mol. The van der Waals surface area contributed by atoms with Crippen molar-refractivity contribution < 1.29 is 4.39 Å². The van der Waals surface area contributed by atoms with Gasteiger partial charge in [0.2, 0.25) is 0 Å². The summed E-state index contributed by atoms with van der Waals surface area (Å²) in [5.41, 5.74) is 5.05. The summed E-state index contributed by atoms with van der Waals surface area (Å²) in [6, 6.07) is 16.2. The third-order valence-corrected chi connectivity index (χ3v) is 6.47. The molecule has 5 aromatic rings. The minimum absolute atomic E-state index is 0.326. The van der Waals surface area contributed by atoms with Gasteiger partial charge >= 0.3 is 0 Å². The lowest BCUT2D eigenvalue weighted by molar-refractivity contribution is 0.628. The molecule has 8 heteroatoms. The normalized spacial score (nSPS) is 10.5. The van der Waals surface area contributed by atoms with Crippen molar-refractivity contribution in [1.29, 1.82) is 5.26 Å². The lowest BCUT2D eigenvalue weighted by Gasteiger charge is -2.17. The van der Waals surface area contributed by atoms with E-state index >= 15 is 0 Å². The van der Waals surface area contributed by atoms with Gasteiger partial charge in [-0.2, -0.15) is 5.26 Å². The van der Waals surface area contributed by atoms with Crippen molar-refractivity contribution in [2.24, 2.45) is 0 Å². The Morgan fingerprint density at radius 1 is 1.03 bits per heavy atom. The fraction of sp³-hybridized carbons (Fsp3) is 0.185. The summed E-state index contributed by atoms with van der Waals surface area (Å²) < 4.78 is 15.4. The molecule has 35 heavy (non-hydrogen) atoms. The van der Waals surface area contributed by atoms with Crippen LogP contribution in [-0.4, -0.2) is 26.4 Å². The van der Waals surface area contributed by atoms with E-state index in [2.05, 4.69) is 18.0 Å². The van der Waals surface area contributed by atoms with Crippen molar-refractivity contribution in [3.8, 4) is 28.5 Å². The van der Waals surface area contributed by atoms with Crippen LogP contribution in [0.15, 0.2) is 67.1 Å². The number of aromatic nitrogens is 4. The van der Waals surface area contributed by atoms with Crippen molar-refractivity contribution in [2.75, 3.05) is 11.9 Å². The topological polar surface area (TPSA) is 70.1 Å². The van der Waals surface area contributed by atoms with Crippen LogP contribution >= 0.6 is 11.3 Å². The molecule has 0 saturated carbocycles. The van der Waals surface area contributed by atoms with E-state index in [1.807, 2.05) is 66.9 Å². The zero-order valence-corrected chi connectivity index (χ0v) is 20.8. The molecule has 0 bridgehead atoms. The number of fused-ring (bicyclic) bond motifs is 1. The van der Waals surface area contributed by atoms with Crippen molar-refractivity contribution in [3.05, 3.63) is 83.5 Å². The van der Waals surface area contributed by atoms with Gasteiger partial charge in [0.25, 0.3) is 0 Å². The zero-order valence-electron chi connectivity index (χ0n) is 20.0. The van der Waals surface area contributed by atoms with Gasteiger partial charge in [-0.15, -0.1) is 0 Å². The molecule has 0 aliphatic rings. The van der Waals surface area contributed by atoms with E-state index in [-0.39, 0.29) is 5.82 Å². The van der Waals surface area contributed by atoms with Gasteiger partial charge in [-0.25, -0.2) is 14.4 Å². The highest BCUT2D eigenvalue weighted by Crippen LogP contribution is 2.37. The maximum Gasteiger partial charge on any atom is 0.192 e. The molecule has 176 valence electrons. The quantitative estimate of drug-likeness (QED) is 0.272. The number of anilines is 2. The Morgan fingerprint density at radius 2 is 1.77 bits per heavy atom. The molecule has 0 amide bonds. The first-order valence-corrected chi connectivity index (χ1v) is 12.2. The molecule has 0 radical (unpaired) electrons. The van der Waals surface area contributed by atoms with E-state index in [1.54, 1.807) is 18.3 Å². The van der Waals surface area contributed by atoms with Gasteiger partial charge in [0.15, 0.2) is 5.13 Å². The number of rotatable bonds is 5. The molecule has 5 rings (SSSR count). The monoisotopic (exact) mass is 484 g/mol. The summed E-state index contributed by atoms with van der Waals surface area (Å²) in [5.74, 6) is 0.565. The Kier molecular flexibility index (Phi) is 7.18. The van der Waals surface area contributed by atoms with E-state index in [9.17, 15) is 9.65 Å². The number of nitriles is 1. The fourth-order valence-corrected chi connectivity index (χ4v) is 4.65. The second kappa shape index (κ2) is 10.5. The van der Waals surface area contributed by atoms with E-state index in [1.165, 1.54) is 23.5 Å². The van der Waals surface area contributed by atoms with Crippen LogP contribution < -0.4 is 4.90 Å². The minimum atomic E-state index is -0.326. The predicted octanol–water partition coefficient (Wildman–Crippen LogP) is 6.89. The molecule has 0 aliphatic carbocycles. The van der Waals surface area contributed by atoms with Crippen LogP contribution in [0.1, 0.15) is 31.3 Å². The van der Waals surface area contributed by atoms with Crippen molar-refractivity contribution in [1.82, 2.24) is 19.4 Å². The number of imidazole rings is 1. The molecular weight excluding hydrogens is 459 g/mol. The van der Waals surface area contributed by atoms with Crippen LogP contribution in [-0.2, 0) is 6.42 Å². The first-order chi connectivity index (χ1) is 17.1. The second-order valence-electron chi connectivity index (χ2n) is 7.48. The number of halogens is 1. The second-order valence-corrected chi connectivity index (χ2v) is 8.45. The maximum atomic E-state index is 13.4. The number of benzene rings is 1. The fourth-order valence-electron chi connectivity index (χ4n) is 3.80. The van der Waals surface area contributed by atoms with Crippen molar-refractivity contribution >= 4 is 27.9 Å². The number of aryl methyl sites for hydroxylation is 1. The largest absolute Gasteiger partial charge is 0.305 e. The van der Waals surface area contributed by atoms with Crippen molar-refractivity contribution in [3.63, 3.8) is 0 Å². The Bertz CT molecular complexity index is 1480. The molecule has 0 atom stereocenters. The number of pyridine rings is 2. The molecule has 4 aromatic heterocycles. The number of hydrogen-bond acceptors (Lipinski definition) is 6. The van der Waals surface area contributed by atoms with Gasteiger partial charge in [0.1, 0.15) is 33.9 Å². The predicted molar refractivity (Wildman–Crippen MR) is 139 cm³/mol. The average Bonchev–Trinajstić information content (AvgIpc) is 3.51. The summed E-state index contributed by atoms with van der Waals surface area (Å²) in [6.45, 7) is 6.06. The molecule has 0 spiro atoms. The lowest BCUT2D eigenvalue weighted by atomic mass is 10.1. The van der Waals surface area contributed by atoms with Crippen molar-refractivity contribution in [2.45, 2.75) is 27.2 Å². The van der Waals surface area contributed by atoms with E-state index in [0.29, 0.717) is 21.3 Å². The molecular formula is C27H25FN6S. The van der Waals surface area contributed by atoms with Gasteiger partial charge in [0.05, 0.1) is 5.69 Å². The molecule has 0 aliphatic heterocycles. The number of thiazole rings is 1. The first-order valence-electron chi connectivity index (χ1n) is 11.4. The molecule has 4 heterocycles. The van der Waals surface area contributed by atoms with Gasteiger partial charge in [0, 0.05) is 42.3 Å². The van der Waals surface area contributed by atoms with E-state index < -0.39 is 0 Å². The molecule has 1 aromatic carbocycles. The summed E-state index contributed by atoms with van der Waals surface area (Å²) in [6.07, 6.45) is 6.37. The third kappa shape index (κ3) is 4.63. The van der Waals surface area contributed by atoms with Gasteiger partial charge in [-0.1, -0.05) is 38.2 Å². The molecule has 0 saturated heterocycles. The summed E-state index contributed by atoms with van der Waals surface area (Å²) >= 11 is 1.30. The molecule has 6 nitrogen and oxygen atoms in total. The van der Waals surface area contributed by atoms with Crippen LogP contribution in [0.25, 0.3) is 28.0 Å². The Balaban J connectivity index is 0.00000141. The Morgan fingerprint density at radius 3 is 2.43 bits per heavy atom. The molecule has 0 N–H and O–H groups in total. The van der Waals surface area contributed by atoms with Gasteiger partial charge in [-0.05, 0) is 48.9 Å². The smallest absolute Gasteiger partial charge is 0.192 e. The van der Waals surface area contributed by atoms with Gasteiger partial charge < -0.3 is 4.90 Å². The summed E-state index contributed by atoms with van der Waals surface area (Å²) in [7, 11) is 1.92. The van der Waals surface area contributed by atoms with Crippen LogP contribution in [0.5, 0.6) is 0 Å². The van der Waals surface area contributed by atoms with E-state index in [0.717, 1.165) is 34.7 Å². The third-order valence-electron chi connectivity index (χ3n) is 5.43. The highest BCUT2D eigenvalue weighted by atomic mass is 32.1. The van der Waals surface area contributed by atoms with Crippen LogP contribution in [0, 0.1) is 17.1 Å². The highest BCUT2D eigenvalue weighted by molar-refractivity contribution is 7.16. The maximum absolute atomic E-state index is 13.4. The Labute approximate surface area is 208 Å². The van der Waals surface area contributed by atoms with Crippen LogP contribution in [0.3, 0.4) is 0 Å². The number of hydrogen-bond donors (Lipinski definition) is 0. The number of nitrogens with zero attached hydrogens (tertiary/aromatic N) is 6. The standard InChI is InChI=1S/C25H19FN6S.C2H6/c1-3-20-24(32-15-18(8-11-22(32)29-20)17-5-4-12-28-14-17)31(2)25-30-23(21(13-27)33-25)16-6-9-19(26)10-7-16;1-2/h4-12,14-15H,3H2,1-2H3;1-2H3. The Hall–Kier alpha value is -4.09. The lowest BCUT2D eigenvalue weighted by Crippen LogP contribution is -2.13. The zero-order chi connectivity index (χ0) is 24.9. The summed E-state index contributed by atoms with van der Waals surface area (Å²) in [4.78, 5) is 16.2. The summed E-state index contributed by atoms with van der Waals surface area (Å²) in [5, 5.41) is 10.4. The molecule has 0 unspecified atom stereocenters. The van der Waals surface area contributed by atoms with Crippen LogP contribution in [0.2, 0.25) is 0 Å². The minimum Gasteiger partial charge on any atom is -0.305 e. The highest BCUT2D eigenvalue weighted by Gasteiger charge is 2.22. The first kappa shape index (κ1) is 24.0. The van der Waals surface area contributed by atoms with Crippen LogP contribution in [0.4, 0.5) is 15.3 Å². The molecule has 0 fully saturated rings. The SMILES string of the molecule is CC.CCc1nc2ccc(-c3cccnc3)cn2c1N(C)c1nc(-c2ccc(F)cc2)c(C#N)s1.